The van der Waals surface area contributed by atoms with Crippen molar-refractivity contribution in [1.82, 2.24) is 4.98 Å². The van der Waals surface area contributed by atoms with E-state index in [4.69, 9.17) is 22.6 Å². The van der Waals surface area contributed by atoms with Crippen molar-refractivity contribution in [2.75, 3.05) is 5.32 Å². The van der Waals surface area contributed by atoms with Crippen LogP contribution in [0.25, 0.3) is 0 Å². The number of hydrogen-bond donors (Lipinski definition) is 2. The van der Waals surface area contributed by atoms with Crippen LogP contribution >= 0.6 is 11.6 Å². The highest BCUT2D eigenvalue weighted by molar-refractivity contribution is 6.33. The molecule has 1 rings (SSSR count). The second-order valence-electron chi connectivity index (χ2n) is 4.08. The van der Waals surface area contributed by atoms with Crippen molar-refractivity contribution in [3.05, 3.63) is 22.8 Å². The summed E-state index contributed by atoms with van der Waals surface area (Å²) in [6.45, 7) is 3.89. The van der Waals surface area contributed by atoms with Crippen LogP contribution in [0.2, 0.25) is 5.02 Å². The van der Waals surface area contributed by atoms with Crippen molar-refractivity contribution >= 4 is 23.3 Å². The number of nitrogens with one attached hydrogen (secondary N) is 1. The van der Waals surface area contributed by atoms with Gasteiger partial charge in [-0.25, -0.2) is 4.98 Å². The highest BCUT2D eigenvalue weighted by Gasteiger charge is 2.22. The molecule has 2 atom stereocenters. The lowest BCUT2D eigenvalue weighted by molar-refractivity contribution is -0.119. The normalized spacial score (nSPS) is 13.4. The predicted molar refractivity (Wildman–Crippen MR) is 70.0 cm³/mol. The van der Waals surface area contributed by atoms with Gasteiger partial charge >= 0.3 is 0 Å². The molecule has 0 aromatic carbocycles. The summed E-state index contributed by atoms with van der Waals surface area (Å²) < 4.78 is 0. The number of carbonyl (C=O) groups excluding carboxylic acids is 1. The van der Waals surface area contributed by atoms with Crippen LogP contribution in [0.3, 0.4) is 0 Å². The van der Waals surface area contributed by atoms with Gasteiger partial charge in [0.15, 0.2) is 0 Å². The summed E-state index contributed by atoms with van der Waals surface area (Å²) >= 11 is 5.98. The van der Waals surface area contributed by atoms with E-state index in [0.717, 1.165) is 6.42 Å². The van der Waals surface area contributed by atoms with E-state index in [0.29, 0.717) is 16.4 Å². The van der Waals surface area contributed by atoms with Crippen LogP contribution in [-0.2, 0) is 4.79 Å². The third kappa shape index (κ3) is 3.34. The van der Waals surface area contributed by atoms with Crippen molar-refractivity contribution < 1.29 is 4.79 Å². The Morgan fingerprint density at radius 1 is 1.72 bits per heavy atom. The third-order valence-corrected chi connectivity index (χ3v) is 3.07. The molecule has 0 radical (unpaired) electrons. The number of nitrogens with zero attached hydrogens (tertiary/aromatic N) is 2. The van der Waals surface area contributed by atoms with Crippen LogP contribution in [0.4, 0.5) is 5.82 Å². The minimum atomic E-state index is -0.534. The molecule has 1 amide bonds. The molecule has 0 saturated carbocycles. The van der Waals surface area contributed by atoms with Crippen LogP contribution < -0.4 is 11.1 Å². The van der Waals surface area contributed by atoms with Gasteiger partial charge in [-0.1, -0.05) is 31.9 Å². The molecule has 1 aromatic rings. The van der Waals surface area contributed by atoms with Gasteiger partial charge in [0.2, 0.25) is 5.91 Å². The predicted octanol–water partition coefficient (Wildman–Crippen LogP) is 1.92. The van der Waals surface area contributed by atoms with Crippen LogP contribution in [0.1, 0.15) is 25.8 Å². The zero-order valence-corrected chi connectivity index (χ0v) is 11.0. The molecule has 96 valence electrons. The van der Waals surface area contributed by atoms with Crippen LogP contribution in [-0.4, -0.2) is 16.9 Å². The zero-order chi connectivity index (χ0) is 13.7. The first kappa shape index (κ1) is 14.3. The molecule has 18 heavy (non-hydrogen) atoms. The molecule has 0 saturated heterocycles. The van der Waals surface area contributed by atoms with Crippen LogP contribution in [0.5, 0.6) is 0 Å². The maximum Gasteiger partial charge on any atom is 0.240 e. The maximum atomic E-state index is 11.4. The smallest absolute Gasteiger partial charge is 0.240 e. The number of aromatic nitrogens is 1. The lowest BCUT2D eigenvalue weighted by atomic mass is 9.98. The molecule has 0 fully saturated rings. The second-order valence-corrected chi connectivity index (χ2v) is 4.48. The quantitative estimate of drug-likeness (QED) is 0.852. The molecule has 6 heteroatoms. The number of primary amides is 1. The summed E-state index contributed by atoms with van der Waals surface area (Å²) in [7, 11) is 0. The van der Waals surface area contributed by atoms with Gasteiger partial charge in [-0.15, -0.1) is 0 Å². The molecular formula is C12H15ClN4O. The third-order valence-electron chi connectivity index (χ3n) is 2.78. The number of halogens is 1. The minimum Gasteiger partial charge on any atom is -0.368 e. The van der Waals surface area contributed by atoms with E-state index >= 15 is 0 Å². The molecule has 3 N–H and O–H groups in total. The van der Waals surface area contributed by atoms with Crippen molar-refractivity contribution in [3.63, 3.8) is 0 Å². The molecule has 0 aliphatic rings. The molecule has 0 aliphatic carbocycles. The summed E-state index contributed by atoms with van der Waals surface area (Å²) in [5, 5.41) is 11.9. The molecule has 1 heterocycles. The first-order valence-electron chi connectivity index (χ1n) is 5.61. The van der Waals surface area contributed by atoms with Crippen molar-refractivity contribution in [2.45, 2.75) is 26.3 Å². The zero-order valence-electron chi connectivity index (χ0n) is 10.3. The SMILES string of the molecule is CC[C@@H](C)[C@H](Nc1ncc(C#N)cc1Cl)C(N)=O. The Morgan fingerprint density at radius 2 is 2.39 bits per heavy atom. The summed E-state index contributed by atoms with van der Waals surface area (Å²) in [6, 6.07) is 2.90. The van der Waals surface area contributed by atoms with Gasteiger partial charge in [-0.2, -0.15) is 5.26 Å². The molecule has 1 aromatic heterocycles. The van der Waals surface area contributed by atoms with Gasteiger partial charge in [0.05, 0.1) is 10.6 Å². The summed E-state index contributed by atoms with van der Waals surface area (Å²) in [5.74, 6) is -0.0256. The van der Waals surface area contributed by atoms with E-state index < -0.39 is 11.9 Å². The maximum absolute atomic E-state index is 11.4. The van der Waals surface area contributed by atoms with Crippen LogP contribution in [0.15, 0.2) is 12.3 Å². The van der Waals surface area contributed by atoms with E-state index in [1.165, 1.54) is 12.3 Å². The fourth-order valence-corrected chi connectivity index (χ4v) is 1.70. The van der Waals surface area contributed by atoms with Crippen molar-refractivity contribution in [2.24, 2.45) is 11.7 Å². The number of anilines is 1. The fourth-order valence-electron chi connectivity index (χ4n) is 1.48. The lowest BCUT2D eigenvalue weighted by Gasteiger charge is -2.22. The van der Waals surface area contributed by atoms with Crippen molar-refractivity contribution in [1.29, 1.82) is 5.26 Å². The minimum absolute atomic E-state index is 0.0658. The average Bonchev–Trinajstić information content (AvgIpc) is 2.35. The second kappa shape index (κ2) is 6.22. The lowest BCUT2D eigenvalue weighted by Crippen LogP contribution is -2.40. The van der Waals surface area contributed by atoms with E-state index in [-0.39, 0.29) is 5.92 Å². The first-order chi connectivity index (χ1) is 8.49. The number of carbonyl (C=O) groups is 1. The summed E-state index contributed by atoms with van der Waals surface area (Å²) in [5.41, 5.74) is 5.71. The fraction of sp³-hybridized carbons (Fsp3) is 0.417. The number of hydrogen-bond acceptors (Lipinski definition) is 4. The Kier molecular flexibility index (Phi) is 4.93. The Hall–Kier alpha value is -1.80. The molecular weight excluding hydrogens is 252 g/mol. The highest BCUT2D eigenvalue weighted by atomic mass is 35.5. The standard InChI is InChI=1S/C12H15ClN4O/c1-3-7(2)10(11(15)18)17-12-9(13)4-8(5-14)6-16-12/h4,6-7,10H,3H2,1-2H3,(H2,15,18)(H,16,17)/t7-,10+/m1/s1. The van der Waals surface area contributed by atoms with E-state index in [1.807, 2.05) is 19.9 Å². The number of pyridine rings is 1. The average molecular weight is 267 g/mol. The van der Waals surface area contributed by atoms with E-state index in [9.17, 15) is 4.79 Å². The molecule has 0 spiro atoms. The largest absolute Gasteiger partial charge is 0.368 e. The monoisotopic (exact) mass is 266 g/mol. The van der Waals surface area contributed by atoms with Gasteiger partial charge in [-0.05, 0) is 12.0 Å². The molecule has 0 unspecified atom stereocenters. The Morgan fingerprint density at radius 3 is 2.83 bits per heavy atom. The van der Waals surface area contributed by atoms with E-state index in [1.54, 1.807) is 0 Å². The highest BCUT2D eigenvalue weighted by Crippen LogP contribution is 2.22. The Balaban J connectivity index is 2.95. The number of rotatable bonds is 5. The van der Waals surface area contributed by atoms with Gasteiger partial charge in [0.1, 0.15) is 17.9 Å². The first-order valence-corrected chi connectivity index (χ1v) is 5.98. The number of nitrogens with two attached hydrogens (primary N) is 1. The molecule has 0 bridgehead atoms. The number of nitriles is 1. The molecule has 5 nitrogen and oxygen atoms in total. The van der Waals surface area contributed by atoms with Gasteiger partial charge < -0.3 is 11.1 Å². The number of amides is 1. The van der Waals surface area contributed by atoms with Gasteiger partial charge in [0.25, 0.3) is 0 Å². The van der Waals surface area contributed by atoms with E-state index in [2.05, 4.69) is 10.3 Å². The Bertz CT molecular complexity index is 483. The van der Waals surface area contributed by atoms with Gasteiger partial charge in [-0.3, -0.25) is 4.79 Å². The summed E-state index contributed by atoms with van der Waals surface area (Å²) in [4.78, 5) is 15.4. The molecule has 0 aliphatic heterocycles. The van der Waals surface area contributed by atoms with Crippen LogP contribution in [0, 0.1) is 17.2 Å². The summed E-state index contributed by atoms with van der Waals surface area (Å²) in [6.07, 6.45) is 2.19. The topological polar surface area (TPSA) is 91.8 Å². The Labute approximate surface area is 111 Å². The van der Waals surface area contributed by atoms with Gasteiger partial charge in [0, 0.05) is 6.20 Å². The van der Waals surface area contributed by atoms with Crippen molar-refractivity contribution in [3.8, 4) is 6.07 Å².